The Labute approximate surface area is 156 Å². The number of hydrogen-bond acceptors (Lipinski definition) is 1. The van der Waals surface area contributed by atoms with Crippen LogP contribution in [0.2, 0.25) is 0 Å². The van der Waals surface area contributed by atoms with Crippen molar-refractivity contribution in [3.63, 3.8) is 0 Å². The van der Waals surface area contributed by atoms with E-state index in [9.17, 15) is 0 Å². The van der Waals surface area contributed by atoms with Crippen LogP contribution < -0.4 is 4.57 Å². The Morgan fingerprint density at radius 2 is 1.69 bits per heavy atom. The third kappa shape index (κ3) is 2.15. The molecule has 0 spiro atoms. The molecule has 5 rings (SSSR count). The lowest BCUT2D eigenvalue weighted by atomic mass is 10.0. The molecule has 26 heavy (non-hydrogen) atoms. The number of benzene rings is 3. The average molecular weight is 341 g/mol. The summed E-state index contributed by atoms with van der Waals surface area (Å²) < 4.78 is 31.2. The van der Waals surface area contributed by atoms with E-state index in [0.717, 1.165) is 44.3 Å². The van der Waals surface area contributed by atoms with Crippen LogP contribution in [-0.4, -0.2) is 0 Å². The standard InChI is InChI=1S/C24H20NO/c1-15-8-9-19(16(2)12-15)22-11-10-20-21-13-17-6-4-5-7-18(17)14-23(21)26-24(20)25(22)3/h4-14H,1-3H3/q+1/i1D3. The molecular formula is C24H20NO+. The number of nitrogens with zero attached hydrogens (tertiary/aromatic N) is 1. The Hall–Kier alpha value is -3.13. The van der Waals surface area contributed by atoms with Crippen molar-refractivity contribution < 1.29 is 13.1 Å². The van der Waals surface area contributed by atoms with Gasteiger partial charge < -0.3 is 4.42 Å². The molecule has 0 fully saturated rings. The van der Waals surface area contributed by atoms with Gasteiger partial charge in [0.1, 0.15) is 12.6 Å². The van der Waals surface area contributed by atoms with Crippen molar-refractivity contribution in [3.8, 4) is 11.3 Å². The van der Waals surface area contributed by atoms with Gasteiger partial charge in [0.15, 0.2) is 0 Å². The summed E-state index contributed by atoms with van der Waals surface area (Å²) in [4.78, 5) is 0. The highest BCUT2D eigenvalue weighted by Crippen LogP contribution is 2.32. The molecular weight excluding hydrogens is 318 g/mol. The number of fused-ring (bicyclic) bond motifs is 4. The quantitative estimate of drug-likeness (QED) is 0.350. The van der Waals surface area contributed by atoms with Crippen LogP contribution in [0.3, 0.4) is 0 Å². The fourth-order valence-corrected chi connectivity index (χ4v) is 3.80. The van der Waals surface area contributed by atoms with E-state index in [4.69, 9.17) is 8.53 Å². The highest BCUT2D eigenvalue weighted by molar-refractivity contribution is 6.08. The maximum absolute atomic E-state index is 7.63. The zero-order valence-corrected chi connectivity index (χ0v) is 14.7. The Bertz CT molecular complexity index is 1410. The fourth-order valence-electron chi connectivity index (χ4n) is 3.80. The minimum absolute atomic E-state index is 0.359. The van der Waals surface area contributed by atoms with Crippen LogP contribution in [0.25, 0.3) is 44.1 Å². The predicted molar refractivity (Wildman–Crippen MR) is 107 cm³/mol. The summed E-state index contributed by atoms with van der Waals surface area (Å²) in [7, 11) is 1.98. The van der Waals surface area contributed by atoms with E-state index >= 15 is 0 Å². The first-order valence-corrected chi connectivity index (χ1v) is 8.68. The molecule has 2 nitrogen and oxygen atoms in total. The molecule has 126 valence electrons. The lowest BCUT2D eigenvalue weighted by Crippen LogP contribution is -2.31. The molecule has 2 heteroatoms. The number of pyridine rings is 1. The van der Waals surface area contributed by atoms with Gasteiger partial charge in [0.25, 0.3) is 0 Å². The van der Waals surface area contributed by atoms with Crippen LogP contribution in [0.1, 0.15) is 15.2 Å². The third-order valence-corrected chi connectivity index (χ3v) is 5.15. The molecule has 0 aliphatic carbocycles. The first-order chi connectivity index (χ1) is 13.8. The molecule has 0 bridgehead atoms. The van der Waals surface area contributed by atoms with Gasteiger partial charge in [-0.3, -0.25) is 0 Å². The van der Waals surface area contributed by atoms with E-state index in [1.807, 2.05) is 36.7 Å². The molecule has 0 unspecified atom stereocenters. The molecule has 0 atom stereocenters. The number of rotatable bonds is 1. The summed E-state index contributed by atoms with van der Waals surface area (Å²) in [6.45, 7) is -0.156. The van der Waals surface area contributed by atoms with Crippen LogP contribution in [0, 0.1) is 13.8 Å². The summed E-state index contributed by atoms with van der Waals surface area (Å²) >= 11 is 0. The van der Waals surface area contributed by atoms with E-state index < -0.39 is 6.85 Å². The van der Waals surface area contributed by atoms with Gasteiger partial charge in [-0.15, -0.1) is 0 Å². The Morgan fingerprint density at radius 3 is 2.46 bits per heavy atom. The SMILES string of the molecule is [2H]C([2H])([2H])c1ccc(-c2ccc3c4cc5ccccc5cc4oc3[n+]2C)c(C)c1. The number of aryl methyl sites for hydroxylation is 3. The third-order valence-electron chi connectivity index (χ3n) is 5.15. The number of aromatic nitrogens is 1. The zero-order chi connectivity index (χ0) is 20.3. The van der Waals surface area contributed by atoms with Crippen molar-refractivity contribution in [1.29, 1.82) is 0 Å². The molecule has 2 heterocycles. The van der Waals surface area contributed by atoms with Gasteiger partial charge in [-0.2, -0.15) is 4.57 Å². The molecule has 5 aromatic rings. The molecule has 0 saturated carbocycles. The van der Waals surface area contributed by atoms with Crippen LogP contribution in [0.4, 0.5) is 0 Å². The van der Waals surface area contributed by atoms with Crippen molar-refractivity contribution in [3.05, 3.63) is 77.9 Å². The topological polar surface area (TPSA) is 17.0 Å². The van der Waals surface area contributed by atoms with Gasteiger partial charge in [-0.25, -0.2) is 0 Å². The highest BCUT2D eigenvalue weighted by Gasteiger charge is 2.21. The normalized spacial score (nSPS) is 13.8. The van der Waals surface area contributed by atoms with Gasteiger partial charge in [0.2, 0.25) is 5.69 Å². The van der Waals surface area contributed by atoms with Crippen molar-refractivity contribution in [2.45, 2.75) is 13.8 Å². The molecule has 0 aliphatic heterocycles. The van der Waals surface area contributed by atoms with Crippen molar-refractivity contribution in [2.75, 3.05) is 0 Å². The largest absolute Gasteiger partial charge is 0.404 e. The zero-order valence-electron chi connectivity index (χ0n) is 17.7. The Kier molecular flexibility index (Phi) is 2.56. The Morgan fingerprint density at radius 1 is 0.885 bits per heavy atom. The van der Waals surface area contributed by atoms with E-state index in [2.05, 4.69) is 36.4 Å². The smallest absolute Gasteiger partial charge is 0.381 e. The van der Waals surface area contributed by atoms with Crippen LogP contribution in [0.15, 0.2) is 71.1 Å². The molecule has 0 saturated heterocycles. The lowest BCUT2D eigenvalue weighted by molar-refractivity contribution is -0.640. The first kappa shape index (κ1) is 12.3. The highest BCUT2D eigenvalue weighted by atomic mass is 16.3. The van der Waals surface area contributed by atoms with E-state index in [-0.39, 0.29) is 0 Å². The van der Waals surface area contributed by atoms with E-state index in [0.29, 0.717) is 5.56 Å². The van der Waals surface area contributed by atoms with Crippen molar-refractivity contribution in [2.24, 2.45) is 7.05 Å². The van der Waals surface area contributed by atoms with E-state index in [1.54, 1.807) is 12.1 Å². The molecule has 0 N–H and O–H groups in total. The molecule has 2 aromatic heterocycles. The number of hydrogen-bond donors (Lipinski definition) is 0. The maximum Gasteiger partial charge on any atom is 0.381 e. The molecule has 0 amide bonds. The van der Waals surface area contributed by atoms with Crippen molar-refractivity contribution in [1.82, 2.24) is 0 Å². The van der Waals surface area contributed by atoms with Gasteiger partial charge in [-0.1, -0.05) is 42.0 Å². The lowest BCUT2D eigenvalue weighted by Gasteiger charge is -2.05. The van der Waals surface area contributed by atoms with Crippen LogP contribution in [0.5, 0.6) is 0 Å². The summed E-state index contributed by atoms with van der Waals surface area (Å²) in [5.74, 6) is 0. The van der Waals surface area contributed by atoms with Crippen molar-refractivity contribution >= 4 is 32.8 Å². The van der Waals surface area contributed by atoms with Gasteiger partial charge >= 0.3 is 5.71 Å². The van der Waals surface area contributed by atoms with Gasteiger partial charge in [0, 0.05) is 21.1 Å². The second kappa shape index (κ2) is 5.43. The predicted octanol–water partition coefficient (Wildman–Crippen LogP) is 5.85. The monoisotopic (exact) mass is 341 g/mol. The minimum Gasteiger partial charge on any atom is -0.404 e. The summed E-state index contributed by atoms with van der Waals surface area (Å²) in [6.07, 6.45) is 0. The number of furan rings is 1. The van der Waals surface area contributed by atoms with Crippen LogP contribution in [-0.2, 0) is 7.05 Å². The van der Waals surface area contributed by atoms with Gasteiger partial charge in [0.05, 0.1) is 5.39 Å². The fraction of sp³-hybridized carbons (Fsp3) is 0.125. The molecule has 0 radical (unpaired) electrons. The summed E-state index contributed by atoms with van der Waals surface area (Å²) in [5.41, 5.74) is 4.92. The second-order valence-electron chi connectivity index (χ2n) is 6.82. The summed E-state index contributed by atoms with van der Waals surface area (Å²) in [5, 5.41) is 4.49. The van der Waals surface area contributed by atoms with E-state index in [1.165, 1.54) is 5.39 Å². The Balaban J connectivity index is 1.73. The van der Waals surface area contributed by atoms with Crippen LogP contribution >= 0.6 is 0 Å². The maximum atomic E-state index is 7.63. The minimum atomic E-state index is -2.10. The molecule has 0 aliphatic rings. The molecule has 3 aromatic carbocycles. The first-order valence-electron chi connectivity index (χ1n) is 10.2. The average Bonchev–Trinajstić information content (AvgIpc) is 3.04. The summed E-state index contributed by atoms with van der Waals surface area (Å²) in [6, 6.07) is 22.0. The second-order valence-corrected chi connectivity index (χ2v) is 6.82. The van der Waals surface area contributed by atoms with Gasteiger partial charge in [-0.05, 0) is 54.4 Å².